The van der Waals surface area contributed by atoms with Crippen molar-refractivity contribution in [2.24, 2.45) is 0 Å². The summed E-state index contributed by atoms with van der Waals surface area (Å²) in [5, 5.41) is 8.86. The van der Waals surface area contributed by atoms with Crippen LogP contribution in [0.15, 0.2) is 23.0 Å². The molecule has 2 N–H and O–H groups in total. The van der Waals surface area contributed by atoms with Gasteiger partial charge in [0.05, 0.1) is 0 Å². The number of carboxylic acids is 1. The molecule has 0 aliphatic heterocycles. The van der Waals surface area contributed by atoms with Gasteiger partial charge in [-0.25, -0.2) is 4.79 Å². The second kappa shape index (κ2) is 4.91. The van der Waals surface area contributed by atoms with E-state index in [9.17, 15) is 22.8 Å². The van der Waals surface area contributed by atoms with Crippen LogP contribution in [0.25, 0.3) is 10.9 Å². The van der Waals surface area contributed by atoms with Crippen molar-refractivity contribution in [2.75, 3.05) is 0 Å². The highest BCUT2D eigenvalue weighted by atomic mass is 19.4. The predicted molar refractivity (Wildman–Crippen MR) is 70.6 cm³/mol. The Hall–Kier alpha value is -2.31. The van der Waals surface area contributed by atoms with Crippen molar-refractivity contribution in [3.8, 4) is 0 Å². The summed E-state index contributed by atoms with van der Waals surface area (Å²) in [5.74, 6) is -1.84. The number of benzene rings is 1. The molecule has 2 aromatic rings. The van der Waals surface area contributed by atoms with Crippen LogP contribution in [0.4, 0.5) is 13.2 Å². The fourth-order valence-corrected chi connectivity index (χ4v) is 2.08. The first kappa shape index (κ1) is 15.1. The van der Waals surface area contributed by atoms with Gasteiger partial charge in [0.1, 0.15) is 11.3 Å². The molecular weight excluding hydrogens is 287 g/mol. The molecule has 0 atom stereocenters. The maximum atomic E-state index is 12.9. The number of aromatic amines is 1. The van der Waals surface area contributed by atoms with Crippen molar-refractivity contribution in [1.29, 1.82) is 0 Å². The fraction of sp³-hybridized carbons (Fsp3) is 0.286. The summed E-state index contributed by atoms with van der Waals surface area (Å²) in [5.41, 5.74) is -3.25. The number of rotatable bonds is 2. The molecule has 0 saturated heterocycles. The van der Waals surface area contributed by atoms with E-state index in [4.69, 9.17) is 5.11 Å². The van der Waals surface area contributed by atoms with Gasteiger partial charge in [0.2, 0.25) is 5.43 Å². The Bertz CT molecular complexity index is 775. The summed E-state index contributed by atoms with van der Waals surface area (Å²) >= 11 is 0. The molecule has 0 aliphatic rings. The molecule has 0 unspecified atom stereocenters. The van der Waals surface area contributed by atoms with Crippen LogP contribution in [0, 0.1) is 0 Å². The molecule has 1 aromatic heterocycles. The number of pyridine rings is 1. The molecule has 0 amide bonds. The smallest absolute Gasteiger partial charge is 0.432 e. The number of carbonyl (C=O) groups is 1. The van der Waals surface area contributed by atoms with E-state index in [1.807, 2.05) is 18.8 Å². The number of hydrogen-bond donors (Lipinski definition) is 2. The molecule has 4 nitrogen and oxygen atoms in total. The molecule has 0 fully saturated rings. The number of carboxylic acid groups (broad SMARTS) is 1. The summed E-state index contributed by atoms with van der Waals surface area (Å²) in [6, 6.07) is 4.38. The zero-order chi connectivity index (χ0) is 15.9. The SMILES string of the molecule is CC(C)c1ccc2[nH]c(C(F)(F)F)c(C(=O)O)c(=O)c2c1. The van der Waals surface area contributed by atoms with Crippen molar-refractivity contribution in [3.63, 3.8) is 0 Å². The molecule has 0 spiro atoms. The van der Waals surface area contributed by atoms with Gasteiger partial charge in [-0.15, -0.1) is 0 Å². The normalized spacial score (nSPS) is 12.1. The monoisotopic (exact) mass is 299 g/mol. The van der Waals surface area contributed by atoms with E-state index in [1.165, 1.54) is 12.1 Å². The van der Waals surface area contributed by atoms with Gasteiger partial charge in [-0.3, -0.25) is 4.79 Å². The fourth-order valence-electron chi connectivity index (χ4n) is 2.08. The second-order valence-corrected chi connectivity index (χ2v) is 4.97. The number of aromatic carboxylic acids is 1. The third-order valence-electron chi connectivity index (χ3n) is 3.19. The molecule has 0 aliphatic carbocycles. The van der Waals surface area contributed by atoms with E-state index in [1.54, 1.807) is 6.07 Å². The van der Waals surface area contributed by atoms with Gasteiger partial charge in [-0.2, -0.15) is 13.2 Å². The zero-order valence-electron chi connectivity index (χ0n) is 11.2. The highest BCUT2D eigenvalue weighted by Gasteiger charge is 2.38. The molecule has 1 aromatic carbocycles. The maximum absolute atomic E-state index is 12.9. The van der Waals surface area contributed by atoms with E-state index >= 15 is 0 Å². The van der Waals surface area contributed by atoms with Crippen molar-refractivity contribution in [1.82, 2.24) is 4.98 Å². The molecule has 112 valence electrons. The minimum atomic E-state index is -4.95. The number of halogens is 3. The van der Waals surface area contributed by atoms with Crippen LogP contribution in [0.1, 0.15) is 41.4 Å². The van der Waals surface area contributed by atoms with E-state index in [-0.39, 0.29) is 16.8 Å². The van der Waals surface area contributed by atoms with Crippen LogP contribution in [0.3, 0.4) is 0 Å². The number of hydrogen-bond acceptors (Lipinski definition) is 2. The average Bonchev–Trinajstić information content (AvgIpc) is 2.36. The van der Waals surface area contributed by atoms with Gasteiger partial charge in [-0.1, -0.05) is 19.9 Å². The average molecular weight is 299 g/mol. The maximum Gasteiger partial charge on any atom is 0.432 e. The zero-order valence-corrected chi connectivity index (χ0v) is 11.2. The summed E-state index contributed by atoms with van der Waals surface area (Å²) in [7, 11) is 0. The molecule has 1 heterocycles. The molecular formula is C14H12F3NO3. The Morgan fingerprint density at radius 2 is 1.90 bits per heavy atom. The number of H-pyrrole nitrogens is 1. The third kappa shape index (κ3) is 2.63. The number of alkyl halides is 3. The van der Waals surface area contributed by atoms with Crippen LogP contribution in [-0.2, 0) is 6.18 Å². The summed E-state index contributed by atoms with van der Waals surface area (Å²) in [6.07, 6.45) is -4.95. The highest BCUT2D eigenvalue weighted by molar-refractivity contribution is 5.94. The van der Waals surface area contributed by atoms with E-state index < -0.39 is 28.8 Å². The highest BCUT2D eigenvalue weighted by Crippen LogP contribution is 2.31. The van der Waals surface area contributed by atoms with Gasteiger partial charge in [0.15, 0.2) is 0 Å². The van der Waals surface area contributed by atoms with Crippen LogP contribution in [0.2, 0.25) is 0 Å². The first-order chi connectivity index (χ1) is 9.62. The summed E-state index contributed by atoms with van der Waals surface area (Å²) in [6.45, 7) is 3.72. The quantitative estimate of drug-likeness (QED) is 0.893. The Kier molecular flexibility index (Phi) is 3.52. The van der Waals surface area contributed by atoms with Crippen molar-refractivity contribution >= 4 is 16.9 Å². The van der Waals surface area contributed by atoms with E-state index in [0.29, 0.717) is 0 Å². The Morgan fingerprint density at radius 1 is 1.29 bits per heavy atom. The van der Waals surface area contributed by atoms with E-state index in [2.05, 4.69) is 0 Å². The predicted octanol–water partition coefficient (Wildman–Crippen LogP) is 3.37. The lowest BCUT2D eigenvalue weighted by molar-refractivity contribution is -0.141. The lowest BCUT2D eigenvalue weighted by Crippen LogP contribution is -2.24. The molecule has 0 bridgehead atoms. The Morgan fingerprint density at radius 3 is 2.38 bits per heavy atom. The van der Waals surface area contributed by atoms with Crippen LogP contribution in [0.5, 0.6) is 0 Å². The molecule has 2 rings (SSSR count). The van der Waals surface area contributed by atoms with Crippen LogP contribution in [-0.4, -0.2) is 16.1 Å². The molecule has 0 radical (unpaired) electrons. The first-order valence-corrected chi connectivity index (χ1v) is 6.13. The summed E-state index contributed by atoms with van der Waals surface area (Å²) < 4.78 is 38.7. The molecule has 21 heavy (non-hydrogen) atoms. The minimum absolute atomic E-state index is 0.0401. The topological polar surface area (TPSA) is 70.2 Å². The van der Waals surface area contributed by atoms with Crippen molar-refractivity contribution in [3.05, 3.63) is 45.2 Å². The van der Waals surface area contributed by atoms with Crippen LogP contribution >= 0.6 is 0 Å². The van der Waals surface area contributed by atoms with Crippen molar-refractivity contribution in [2.45, 2.75) is 25.9 Å². The van der Waals surface area contributed by atoms with Crippen molar-refractivity contribution < 1.29 is 23.1 Å². The second-order valence-electron chi connectivity index (χ2n) is 4.97. The summed E-state index contributed by atoms with van der Waals surface area (Å²) in [4.78, 5) is 25.2. The lowest BCUT2D eigenvalue weighted by Gasteiger charge is -2.13. The standard InChI is InChI=1S/C14H12F3NO3/c1-6(2)7-3-4-9-8(5-7)11(19)10(13(20)21)12(18-9)14(15,16)17/h3-6H,1-2H3,(H,18,19)(H,20,21). The van der Waals surface area contributed by atoms with Gasteiger partial charge in [-0.05, 0) is 23.6 Å². The van der Waals surface area contributed by atoms with Gasteiger partial charge in [0.25, 0.3) is 0 Å². The lowest BCUT2D eigenvalue weighted by atomic mass is 9.99. The third-order valence-corrected chi connectivity index (χ3v) is 3.19. The Labute approximate surface area is 117 Å². The van der Waals surface area contributed by atoms with Crippen LogP contribution < -0.4 is 5.43 Å². The molecule has 0 saturated carbocycles. The van der Waals surface area contributed by atoms with E-state index in [0.717, 1.165) is 5.56 Å². The van der Waals surface area contributed by atoms with Gasteiger partial charge >= 0.3 is 12.1 Å². The van der Waals surface area contributed by atoms with Gasteiger partial charge in [0, 0.05) is 10.9 Å². The number of fused-ring (bicyclic) bond motifs is 1. The van der Waals surface area contributed by atoms with Gasteiger partial charge < -0.3 is 10.1 Å². The number of nitrogens with one attached hydrogen (secondary N) is 1. The minimum Gasteiger partial charge on any atom is -0.477 e. The molecule has 7 heteroatoms. The first-order valence-electron chi connectivity index (χ1n) is 6.13. The number of aromatic nitrogens is 1. The Balaban J connectivity index is 2.92. The largest absolute Gasteiger partial charge is 0.477 e.